The van der Waals surface area contributed by atoms with Gasteiger partial charge in [0.1, 0.15) is 5.75 Å². The number of benzene rings is 1. The van der Waals surface area contributed by atoms with Gasteiger partial charge in [-0.2, -0.15) is 0 Å². The quantitative estimate of drug-likeness (QED) is 0.418. The van der Waals surface area contributed by atoms with Gasteiger partial charge in [0.25, 0.3) is 5.91 Å². The van der Waals surface area contributed by atoms with Crippen LogP contribution in [0.1, 0.15) is 17.3 Å². The van der Waals surface area contributed by atoms with Crippen molar-refractivity contribution in [3.05, 3.63) is 29.8 Å². The van der Waals surface area contributed by atoms with Crippen molar-refractivity contribution < 1.29 is 34.8 Å². The molecular weight excluding hydrogens is 282 g/mol. The summed E-state index contributed by atoms with van der Waals surface area (Å²) in [5, 5.41) is 38.2. The number of rotatable bonds is 6. The molecule has 0 saturated heterocycles. The van der Waals surface area contributed by atoms with Gasteiger partial charge in [0.15, 0.2) is 18.0 Å². The Morgan fingerprint density at radius 3 is 2.29 bits per heavy atom. The van der Waals surface area contributed by atoms with Gasteiger partial charge in [-0.15, -0.1) is 0 Å². The maximum atomic E-state index is 12.0. The fraction of sp³-hybridized carbons (Fsp3) is 0.308. The third-order valence-electron chi connectivity index (χ3n) is 2.70. The van der Waals surface area contributed by atoms with E-state index in [1.807, 2.05) is 0 Å². The molecule has 0 aliphatic heterocycles. The van der Waals surface area contributed by atoms with Gasteiger partial charge in [-0.3, -0.25) is 9.59 Å². The number of aliphatic hydroxyl groups is 2. The van der Waals surface area contributed by atoms with Crippen molar-refractivity contribution in [2.24, 2.45) is 0 Å². The summed E-state index contributed by atoms with van der Waals surface area (Å²) >= 11 is 0. The number of ketones is 1. The predicted molar refractivity (Wildman–Crippen MR) is 69.7 cm³/mol. The number of carboxylic acids is 1. The van der Waals surface area contributed by atoms with Crippen molar-refractivity contribution in [2.45, 2.75) is 25.2 Å². The fourth-order valence-corrected chi connectivity index (χ4v) is 1.55. The lowest BCUT2D eigenvalue weighted by molar-refractivity contribution is -0.158. The number of carbonyl (C=O) groups is 3. The van der Waals surface area contributed by atoms with E-state index >= 15 is 0 Å². The van der Waals surface area contributed by atoms with E-state index in [-0.39, 0.29) is 11.3 Å². The Kier molecular flexibility index (Phi) is 5.39. The number of phenols is 1. The highest BCUT2D eigenvalue weighted by Gasteiger charge is 2.31. The van der Waals surface area contributed by atoms with Crippen LogP contribution in [0, 0.1) is 0 Å². The van der Waals surface area contributed by atoms with Gasteiger partial charge in [0.05, 0.1) is 6.04 Å². The van der Waals surface area contributed by atoms with Crippen LogP contribution in [0.15, 0.2) is 24.3 Å². The Bertz CT molecular complexity index is 557. The predicted octanol–water partition coefficient (Wildman–Crippen LogP) is -1.11. The van der Waals surface area contributed by atoms with Crippen LogP contribution in [0.3, 0.4) is 0 Å². The summed E-state index contributed by atoms with van der Waals surface area (Å²) in [6, 6.07) is 4.36. The molecule has 0 unspecified atom stereocenters. The van der Waals surface area contributed by atoms with Crippen LogP contribution >= 0.6 is 0 Å². The number of hydrogen-bond acceptors (Lipinski definition) is 6. The van der Waals surface area contributed by atoms with E-state index in [4.69, 9.17) is 10.2 Å². The average molecular weight is 297 g/mol. The summed E-state index contributed by atoms with van der Waals surface area (Å²) in [6.45, 7) is 1.32. The zero-order valence-electron chi connectivity index (χ0n) is 11.1. The van der Waals surface area contributed by atoms with Crippen LogP contribution in [0.5, 0.6) is 5.75 Å². The van der Waals surface area contributed by atoms with Crippen molar-refractivity contribution in [1.82, 2.24) is 5.32 Å². The van der Waals surface area contributed by atoms with Crippen molar-refractivity contribution in [1.29, 1.82) is 0 Å². The minimum atomic E-state index is -2.28. The Balaban J connectivity index is 2.72. The topological polar surface area (TPSA) is 144 Å². The standard InChI is InChI=1S/C13H15NO7/c1-6(9(16)7-3-2-4-8(15)5-7)14-12(19)10(17)11(18)13(20)21/h2-6,10-11,15,17-18H,1H3,(H,14,19)(H,20,21)/t6-,10+,11+/m0/s1. The number of amides is 1. The molecule has 8 heteroatoms. The van der Waals surface area contributed by atoms with Gasteiger partial charge in [-0.05, 0) is 19.1 Å². The highest BCUT2D eigenvalue weighted by molar-refractivity contribution is 6.02. The number of phenolic OH excluding ortho intramolecular Hbond substituents is 1. The molecule has 1 rings (SSSR count). The molecule has 0 saturated carbocycles. The van der Waals surface area contributed by atoms with E-state index in [1.165, 1.54) is 31.2 Å². The summed E-state index contributed by atoms with van der Waals surface area (Å²) in [5.41, 5.74) is 0.135. The molecule has 8 nitrogen and oxygen atoms in total. The summed E-state index contributed by atoms with van der Waals surface area (Å²) < 4.78 is 0. The SMILES string of the molecule is C[C@H](NC(=O)[C@H](O)[C@@H](O)C(=O)O)C(=O)c1cccc(O)c1. The summed E-state index contributed by atoms with van der Waals surface area (Å²) in [4.78, 5) is 33.9. The molecule has 0 aliphatic carbocycles. The number of aliphatic carboxylic acids is 1. The summed E-state index contributed by atoms with van der Waals surface area (Å²) in [7, 11) is 0. The number of carboxylic acid groups (broad SMARTS) is 1. The second-order valence-electron chi connectivity index (χ2n) is 4.37. The first-order chi connectivity index (χ1) is 9.73. The molecule has 0 heterocycles. The highest BCUT2D eigenvalue weighted by Crippen LogP contribution is 2.12. The van der Waals surface area contributed by atoms with Gasteiger partial charge < -0.3 is 25.7 Å². The molecular formula is C13H15NO7. The molecule has 1 aromatic carbocycles. The molecule has 0 radical (unpaired) electrons. The third kappa shape index (κ3) is 4.26. The maximum absolute atomic E-state index is 12.0. The first-order valence-corrected chi connectivity index (χ1v) is 5.96. The van der Waals surface area contributed by atoms with Crippen LogP contribution in [-0.4, -0.2) is 56.3 Å². The minimum Gasteiger partial charge on any atom is -0.508 e. The number of Topliss-reactive ketones (excluding diaryl/α,β-unsaturated/α-hetero) is 1. The minimum absolute atomic E-state index is 0.124. The lowest BCUT2D eigenvalue weighted by Crippen LogP contribution is -2.49. The van der Waals surface area contributed by atoms with Crippen molar-refractivity contribution in [2.75, 3.05) is 0 Å². The molecule has 0 aliphatic rings. The molecule has 0 bridgehead atoms. The first kappa shape index (κ1) is 16.6. The van der Waals surface area contributed by atoms with Gasteiger partial charge in [-0.1, -0.05) is 12.1 Å². The molecule has 1 amide bonds. The van der Waals surface area contributed by atoms with E-state index in [1.54, 1.807) is 0 Å². The Morgan fingerprint density at radius 2 is 1.76 bits per heavy atom. The second-order valence-corrected chi connectivity index (χ2v) is 4.37. The van der Waals surface area contributed by atoms with Gasteiger partial charge in [0, 0.05) is 5.56 Å². The average Bonchev–Trinajstić information content (AvgIpc) is 2.44. The summed E-state index contributed by atoms with van der Waals surface area (Å²) in [5.74, 6) is -3.62. The largest absolute Gasteiger partial charge is 0.508 e. The molecule has 0 spiro atoms. The number of hydrogen-bond donors (Lipinski definition) is 5. The lowest BCUT2D eigenvalue weighted by atomic mass is 10.0. The maximum Gasteiger partial charge on any atom is 0.335 e. The fourth-order valence-electron chi connectivity index (χ4n) is 1.55. The van der Waals surface area contributed by atoms with Crippen molar-refractivity contribution >= 4 is 17.7 Å². The van der Waals surface area contributed by atoms with Crippen LogP contribution in [0.2, 0.25) is 0 Å². The van der Waals surface area contributed by atoms with Crippen molar-refractivity contribution in [3.63, 3.8) is 0 Å². The molecule has 0 fully saturated rings. The number of carbonyl (C=O) groups excluding carboxylic acids is 2. The number of nitrogens with one attached hydrogen (secondary N) is 1. The first-order valence-electron chi connectivity index (χ1n) is 5.96. The molecule has 0 aromatic heterocycles. The van der Waals surface area contributed by atoms with Crippen molar-refractivity contribution in [3.8, 4) is 5.75 Å². The third-order valence-corrected chi connectivity index (χ3v) is 2.70. The zero-order chi connectivity index (χ0) is 16.2. The van der Waals surface area contributed by atoms with Gasteiger partial charge >= 0.3 is 5.97 Å². The summed E-state index contributed by atoms with van der Waals surface area (Å²) in [6.07, 6.45) is -4.48. The van der Waals surface area contributed by atoms with Crippen LogP contribution in [-0.2, 0) is 9.59 Å². The second kappa shape index (κ2) is 6.82. The van der Waals surface area contributed by atoms with E-state index < -0.39 is 35.9 Å². The van der Waals surface area contributed by atoms with E-state index in [9.17, 15) is 24.6 Å². The molecule has 1 aromatic rings. The van der Waals surface area contributed by atoms with Crippen LogP contribution < -0.4 is 5.32 Å². The van der Waals surface area contributed by atoms with Crippen LogP contribution in [0.4, 0.5) is 0 Å². The highest BCUT2D eigenvalue weighted by atomic mass is 16.4. The molecule has 114 valence electrons. The zero-order valence-corrected chi connectivity index (χ0v) is 11.1. The molecule has 21 heavy (non-hydrogen) atoms. The monoisotopic (exact) mass is 297 g/mol. The lowest BCUT2D eigenvalue weighted by Gasteiger charge is -2.17. The number of aromatic hydroxyl groups is 1. The van der Waals surface area contributed by atoms with Gasteiger partial charge in [-0.25, -0.2) is 4.79 Å². The Hall–Kier alpha value is -2.45. The normalized spacial score (nSPS) is 14.8. The smallest absolute Gasteiger partial charge is 0.335 e. The Labute approximate surface area is 119 Å². The van der Waals surface area contributed by atoms with E-state index in [0.29, 0.717) is 0 Å². The Morgan fingerprint density at radius 1 is 1.14 bits per heavy atom. The van der Waals surface area contributed by atoms with Gasteiger partial charge in [0.2, 0.25) is 0 Å². The van der Waals surface area contributed by atoms with Crippen LogP contribution in [0.25, 0.3) is 0 Å². The van der Waals surface area contributed by atoms with E-state index in [2.05, 4.69) is 5.32 Å². The van der Waals surface area contributed by atoms with E-state index in [0.717, 1.165) is 0 Å². The molecule has 5 N–H and O–H groups in total. The number of aliphatic hydroxyl groups excluding tert-OH is 2. The molecule has 3 atom stereocenters.